The molecule has 4 heteroatoms. The van der Waals surface area contributed by atoms with E-state index in [9.17, 15) is 9.90 Å². The maximum atomic E-state index is 11.9. The number of hydrogen-bond acceptors (Lipinski definition) is 4. The van der Waals surface area contributed by atoms with Gasteiger partial charge in [-0.05, 0) is 30.5 Å². The molecule has 4 rings (SSSR count). The Morgan fingerprint density at radius 1 is 0.914 bits per heavy atom. The predicted octanol–water partition coefficient (Wildman–Crippen LogP) is 6.20. The van der Waals surface area contributed by atoms with Crippen LogP contribution in [0.15, 0.2) is 107 Å². The number of Topliss-reactive ketones (excluding diaryl/α,β-unsaturated/α-hetero) is 1. The lowest BCUT2D eigenvalue weighted by Gasteiger charge is -2.34. The highest BCUT2D eigenvalue weighted by atomic mass is 16.3. The molecule has 0 bridgehead atoms. The van der Waals surface area contributed by atoms with Crippen LogP contribution in [0.25, 0.3) is 0 Å². The second-order valence-corrected chi connectivity index (χ2v) is 8.74. The van der Waals surface area contributed by atoms with Gasteiger partial charge >= 0.3 is 0 Å². The molecule has 3 aromatic rings. The summed E-state index contributed by atoms with van der Waals surface area (Å²) >= 11 is 0. The monoisotopic (exact) mass is 468 g/mol. The number of rotatable bonds is 7. The van der Waals surface area contributed by atoms with E-state index in [1.807, 2.05) is 37.3 Å². The Hall–Kier alpha value is -3.34. The lowest BCUT2D eigenvalue weighted by Crippen LogP contribution is -2.38. The van der Waals surface area contributed by atoms with E-state index in [-0.39, 0.29) is 18.4 Å². The molecule has 35 heavy (non-hydrogen) atoms. The zero-order chi connectivity index (χ0) is 25.0. The van der Waals surface area contributed by atoms with Crippen molar-refractivity contribution in [1.29, 1.82) is 0 Å². The second kappa shape index (κ2) is 13.5. The third-order valence-electron chi connectivity index (χ3n) is 6.45. The van der Waals surface area contributed by atoms with E-state index in [4.69, 9.17) is 0 Å². The number of carbonyl (C=O) groups excluding carboxylic acids is 1. The maximum Gasteiger partial charge on any atom is 0.158 e. The molecule has 0 amide bonds. The minimum Gasteiger partial charge on any atom is -0.394 e. The van der Waals surface area contributed by atoms with Crippen molar-refractivity contribution in [1.82, 2.24) is 4.90 Å². The Labute approximate surface area is 209 Å². The molecule has 1 heterocycles. The van der Waals surface area contributed by atoms with Gasteiger partial charge in [-0.2, -0.15) is 0 Å². The van der Waals surface area contributed by atoms with Crippen LogP contribution in [0.4, 0.5) is 0 Å². The number of nitrogens with zero attached hydrogens (tertiary/aromatic N) is 2. The van der Waals surface area contributed by atoms with Crippen LogP contribution in [0.1, 0.15) is 55.8 Å². The summed E-state index contributed by atoms with van der Waals surface area (Å²) in [5.74, 6) is 0.544. The summed E-state index contributed by atoms with van der Waals surface area (Å²) in [6, 6.07) is 31.0. The molecule has 1 aliphatic heterocycles. The van der Waals surface area contributed by atoms with Gasteiger partial charge in [-0.25, -0.2) is 0 Å². The third-order valence-corrected chi connectivity index (χ3v) is 6.45. The van der Waals surface area contributed by atoms with Crippen molar-refractivity contribution in [3.8, 4) is 0 Å². The molecule has 4 nitrogen and oxygen atoms in total. The van der Waals surface area contributed by atoms with Crippen molar-refractivity contribution in [3.63, 3.8) is 0 Å². The van der Waals surface area contributed by atoms with Crippen LogP contribution in [-0.2, 0) is 4.79 Å². The smallest absolute Gasteiger partial charge is 0.158 e. The molecule has 1 aliphatic rings. The zero-order valence-electron chi connectivity index (χ0n) is 21.0. The standard InChI is InChI=1S/C17H22N2O2.C14H14/c1-3-18-16-9-10-19(11-15(16)13(2)21)17(12-20)14-7-5-4-6-8-14;1-12(13-8-4-2-5-9-13)14-10-6-3-7-11-14/h3-8,17,20H,9-12H2,1-2H3;2-12H,1H3. The molecule has 0 fully saturated rings. The summed E-state index contributed by atoms with van der Waals surface area (Å²) in [6.07, 6.45) is 2.47. The first-order chi connectivity index (χ1) is 17.0. The van der Waals surface area contributed by atoms with Crippen LogP contribution in [-0.4, -0.2) is 41.7 Å². The number of aliphatic hydroxyl groups is 1. The van der Waals surface area contributed by atoms with Crippen molar-refractivity contribution in [2.75, 3.05) is 19.7 Å². The minimum absolute atomic E-state index is 0.0432. The van der Waals surface area contributed by atoms with Crippen molar-refractivity contribution < 1.29 is 9.90 Å². The highest BCUT2D eigenvalue weighted by Crippen LogP contribution is 2.28. The van der Waals surface area contributed by atoms with E-state index in [0.29, 0.717) is 12.5 Å². The molecular weight excluding hydrogens is 432 g/mol. The summed E-state index contributed by atoms with van der Waals surface area (Å²) in [5.41, 5.74) is 5.46. The van der Waals surface area contributed by atoms with Crippen LogP contribution in [0.5, 0.6) is 0 Å². The summed E-state index contributed by atoms with van der Waals surface area (Å²) in [6.45, 7) is 7.07. The fourth-order valence-corrected chi connectivity index (χ4v) is 4.44. The molecular formula is C31H36N2O2. The van der Waals surface area contributed by atoms with Gasteiger partial charge in [0.25, 0.3) is 0 Å². The molecule has 0 saturated carbocycles. The van der Waals surface area contributed by atoms with Crippen molar-refractivity contribution in [2.24, 2.45) is 4.99 Å². The van der Waals surface area contributed by atoms with Crippen molar-refractivity contribution >= 4 is 12.0 Å². The molecule has 0 radical (unpaired) electrons. The number of ketones is 1. The van der Waals surface area contributed by atoms with Crippen LogP contribution in [0, 0.1) is 0 Å². The second-order valence-electron chi connectivity index (χ2n) is 8.74. The van der Waals surface area contributed by atoms with E-state index >= 15 is 0 Å². The van der Waals surface area contributed by atoms with Gasteiger partial charge in [-0.3, -0.25) is 14.7 Å². The summed E-state index contributed by atoms with van der Waals surface area (Å²) < 4.78 is 0. The van der Waals surface area contributed by atoms with Gasteiger partial charge in [0.15, 0.2) is 5.78 Å². The van der Waals surface area contributed by atoms with Crippen LogP contribution < -0.4 is 0 Å². The fourth-order valence-electron chi connectivity index (χ4n) is 4.44. The first kappa shape index (κ1) is 26.3. The number of carbonyl (C=O) groups is 1. The van der Waals surface area contributed by atoms with Gasteiger partial charge in [0.2, 0.25) is 0 Å². The topological polar surface area (TPSA) is 52.9 Å². The minimum atomic E-state index is -0.0762. The first-order valence-electron chi connectivity index (χ1n) is 12.3. The Kier molecular flexibility index (Phi) is 10.1. The van der Waals surface area contributed by atoms with E-state index in [1.165, 1.54) is 11.1 Å². The molecule has 182 valence electrons. The largest absolute Gasteiger partial charge is 0.394 e. The van der Waals surface area contributed by atoms with E-state index in [0.717, 1.165) is 29.8 Å². The summed E-state index contributed by atoms with van der Waals surface area (Å²) in [5, 5.41) is 9.75. The van der Waals surface area contributed by atoms with Crippen LogP contribution in [0.3, 0.4) is 0 Å². The molecule has 1 atom stereocenters. The molecule has 0 spiro atoms. The Morgan fingerprint density at radius 3 is 1.83 bits per heavy atom. The van der Waals surface area contributed by atoms with Crippen molar-refractivity contribution in [2.45, 2.75) is 39.2 Å². The van der Waals surface area contributed by atoms with Crippen LogP contribution >= 0.6 is 0 Å². The third kappa shape index (κ3) is 7.32. The Bertz CT molecular complexity index is 1070. The predicted molar refractivity (Wildman–Crippen MR) is 145 cm³/mol. The SMILES string of the molecule is CC(c1ccccc1)c1ccccc1.CC=NC1=C(C(C)=O)CN(C(CO)c2ccccc2)CC1. The van der Waals surface area contributed by atoms with E-state index < -0.39 is 0 Å². The van der Waals surface area contributed by atoms with Crippen LogP contribution in [0.2, 0.25) is 0 Å². The maximum absolute atomic E-state index is 11.9. The Balaban J connectivity index is 0.000000211. The highest BCUT2D eigenvalue weighted by molar-refractivity contribution is 5.94. The molecule has 0 saturated heterocycles. The molecule has 0 aliphatic carbocycles. The average molecular weight is 469 g/mol. The van der Waals surface area contributed by atoms with Gasteiger partial charge in [0, 0.05) is 42.9 Å². The zero-order valence-corrected chi connectivity index (χ0v) is 21.0. The van der Waals surface area contributed by atoms with E-state index in [1.54, 1.807) is 13.1 Å². The van der Waals surface area contributed by atoms with E-state index in [2.05, 4.69) is 77.5 Å². The quantitative estimate of drug-likeness (QED) is 0.420. The highest BCUT2D eigenvalue weighted by Gasteiger charge is 2.27. The fraction of sp³-hybridized carbons (Fsp3) is 0.290. The van der Waals surface area contributed by atoms with Gasteiger partial charge < -0.3 is 5.11 Å². The first-order valence-corrected chi connectivity index (χ1v) is 12.3. The summed E-state index contributed by atoms with van der Waals surface area (Å²) in [7, 11) is 0. The number of aliphatic hydroxyl groups excluding tert-OH is 1. The Morgan fingerprint density at radius 2 is 1.40 bits per heavy atom. The molecule has 3 aromatic carbocycles. The van der Waals surface area contributed by atoms with Gasteiger partial charge in [-0.1, -0.05) is 97.9 Å². The molecule has 0 aromatic heterocycles. The number of aliphatic imine (C=N–C) groups is 1. The summed E-state index contributed by atoms with van der Waals surface area (Å²) in [4.78, 5) is 18.3. The van der Waals surface area contributed by atoms with Gasteiger partial charge in [0.1, 0.15) is 0 Å². The lowest BCUT2D eigenvalue weighted by atomic mass is 9.93. The molecule has 1 N–H and O–H groups in total. The average Bonchev–Trinajstić information content (AvgIpc) is 2.91. The lowest BCUT2D eigenvalue weighted by molar-refractivity contribution is -0.114. The van der Waals surface area contributed by atoms with Crippen molar-refractivity contribution in [3.05, 3.63) is 119 Å². The number of benzene rings is 3. The number of hydrogen-bond donors (Lipinski definition) is 1. The molecule has 1 unspecified atom stereocenters. The van der Waals surface area contributed by atoms with Gasteiger partial charge in [0.05, 0.1) is 12.6 Å². The van der Waals surface area contributed by atoms with Gasteiger partial charge in [-0.15, -0.1) is 0 Å². The normalized spacial score (nSPS) is 15.1.